The highest BCUT2D eigenvalue weighted by molar-refractivity contribution is 9.10. The number of halogens is 1. The molecule has 1 N–H and O–H groups in total. The van der Waals surface area contributed by atoms with Crippen LogP contribution >= 0.6 is 15.9 Å². The Balaban J connectivity index is 1.93. The molecule has 2 unspecified atom stereocenters. The lowest BCUT2D eigenvalue weighted by molar-refractivity contribution is 0.0749. The van der Waals surface area contributed by atoms with Gasteiger partial charge in [0, 0.05) is 18.6 Å². The molecule has 2 atom stereocenters. The van der Waals surface area contributed by atoms with E-state index in [0.717, 1.165) is 29.3 Å². The SMILES string of the molecule is CC1CCCC(CNCc2cccc(Br)n2)(N(C)C)C1. The second-order valence-corrected chi connectivity index (χ2v) is 7.19. The highest BCUT2D eigenvalue weighted by atomic mass is 79.9. The number of nitrogens with one attached hydrogen (secondary N) is 1. The van der Waals surface area contributed by atoms with Gasteiger partial charge in [-0.1, -0.05) is 25.8 Å². The van der Waals surface area contributed by atoms with Gasteiger partial charge in [-0.05, 0) is 60.9 Å². The molecule has 1 fully saturated rings. The molecule has 0 radical (unpaired) electrons. The van der Waals surface area contributed by atoms with Crippen LogP contribution in [-0.2, 0) is 6.54 Å². The molecule has 0 saturated heterocycles. The van der Waals surface area contributed by atoms with Gasteiger partial charge in [-0.3, -0.25) is 0 Å². The second kappa shape index (κ2) is 7.01. The van der Waals surface area contributed by atoms with E-state index in [2.05, 4.69) is 58.2 Å². The Morgan fingerprint density at radius 3 is 2.90 bits per heavy atom. The fourth-order valence-electron chi connectivity index (χ4n) is 3.33. The van der Waals surface area contributed by atoms with Crippen molar-refractivity contribution in [3.8, 4) is 0 Å². The standard InChI is InChI=1S/C16H26BrN3/c1-13-6-5-9-16(10-13,20(2)3)12-18-11-14-7-4-8-15(17)19-14/h4,7-8,13,18H,5-6,9-12H2,1-3H3. The van der Waals surface area contributed by atoms with E-state index >= 15 is 0 Å². The topological polar surface area (TPSA) is 28.2 Å². The van der Waals surface area contributed by atoms with Crippen molar-refractivity contribution in [3.63, 3.8) is 0 Å². The molecule has 0 aliphatic heterocycles. The van der Waals surface area contributed by atoms with E-state index in [1.54, 1.807) is 0 Å². The summed E-state index contributed by atoms with van der Waals surface area (Å²) in [5.41, 5.74) is 1.40. The monoisotopic (exact) mass is 339 g/mol. The van der Waals surface area contributed by atoms with Gasteiger partial charge in [0.2, 0.25) is 0 Å². The van der Waals surface area contributed by atoms with Gasteiger partial charge in [0.1, 0.15) is 4.60 Å². The van der Waals surface area contributed by atoms with Crippen molar-refractivity contribution in [2.45, 2.75) is 44.7 Å². The molecule has 1 heterocycles. The van der Waals surface area contributed by atoms with Gasteiger partial charge in [-0.25, -0.2) is 4.98 Å². The van der Waals surface area contributed by atoms with Gasteiger partial charge in [-0.15, -0.1) is 0 Å². The van der Waals surface area contributed by atoms with Crippen molar-refractivity contribution in [3.05, 3.63) is 28.5 Å². The molecule has 1 aliphatic rings. The van der Waals surface area contributed by atoms with E-state index in [1.165, 1.54) is 25.7 Å². The first-order valence-corrected chi connectivity index (χ1v) is 8.31. The molecule has 3 nitrogen and oxygen atoms in total. The molecule has 1 aromatic heterocycles. The zero-order valence-corrected chi connectivity index (χ0v) is 14.4. The minimum atomic E-state index is 0.309. The number of pyridine rings is 1. The molecular formula is C16H26BrN3. The van der Waals surface area contributed by atoms with Crippen LogP contribution in [0.2, 0.25) is 0 Å². The van der Waals surface area contributed by atoms with Crippen LogP contribution in [0.25, 0.3) is 0 Å². The van der Waals surface area contributed by atoms with E-state index < -0.39 is 0 Å². The summed E-state index contributed by atoms with van der Waals surface area (Å²) in [6.45, 7) is 4.26. The van der Waals surface area contributed by atoms with Gasteiger partial charge < -0.3 is 10.2 Å². The summed E-state index contributed by atoms with van der Waals surface area (Å²) in [7, 11) is 4.44. The van der Waals surface area contributed by atoms with Gasteiger partial charge >= 0.3 is 0 Å². The summed E-state index contributed by atoms with van der Waals surface area (Å²) in [6.07, 6.45) is 5.31. The normalized spacial score (nSPS) is 26.9. The lowest BCUT2D eigenvalue weighted by Gasteiger charge is -2.45. The Hall–Kier alpha value is -0.450. The fraction of sp³-hybridized carbons (Fsp3) is 0.688. The van der Waals surface area contributed by atoms with Gasteiger partial charge in [0.25, 0.3) is 0 Å². The largest absolute Gasteiger partial charge is 0.309 e. The minimum Gasteiger partial charge on any atom is -0.309 e. The van der Waals surface area contributed by atoms with E-state index in [-0.39, 0.29) is 0 Å². The first-order valence-electron chi connectivity index (χ1n) is 7.51. The molecule has 4 heteroatoms. The molecule has 2 rings (SSSR count). The zero-order chi connectivity index (χ0) is 14.6. The number of hydrogen-bond acceptors (Lipinski definition) is 3. The second-order valence-electron chi connectivity index (χ2n) is 6.38. The number of hydrogen-bond donors (Lipinski definition) is 1. The maximum Gasteiger partial charge on any atom is 0.106 e. The van der Waals surface area contributed by atoms with Crippen LogP contribution in [0.1, 0.15) is 38.3 Å². The maximum atomic E-state index is 4.48. The van der Waals surface area contributed by atoms with Crippen molar-refractivity contribution < 1.29 is 0 Å². The average Bonchev–Trinajstić information content (AvgIpc) is 2.38. The van der Waals surface area contributed by atoms with Crippen molar-refractivity contribution in [1.29, 1.82) is 0 Å². The van der Waals surface area contributed by atoms with Crippen LogP contribution in [-0.4, -0.2) is 36.1 Å². The first-order chi connectivity index (χ1) is 9.52. The molecule has 20 heavy (non-hydrogen) atoms. The average molecular weight is 340 g/mol. The molecule has 0 bridgehead atoms. The first kappa shape index (κ1) is 15.9. The quantitative estimate of drug-likeness (QED) is 0.833. The Bertz CT molecular complexity index is 435. The van der Waals surface area contributed by atoms with Crippen LogP contribution in [0.15, 0.2) is 22.8 Å². The van der Waals surface area contributed by atoms with Gasteiger partial charge in [0.15, 0.2) is 0 Å². The molecule has 1 saturated carbocycles. The summed E-state index contributed by atoms with van der Waals surface area (Å²) >= 11 is 3.43. The van der Waals surface area contributed by atoms with Crippen molar-refractivity contribution >= 4 is 15.9 Å². The molecule has 0 amide bonds. The summed E-state index contributed by atoms with van der Waals surface area (Å²) in [4.78, 5) is 6.90. The van der Waals surface area contributed by atoms with Crippen LogP contribution in [0.3, 0.4) is 0 Å². The summed E-state index contributed by atoms with van der Waals surface area (Å²) in [5, 5.41) is 3.62. The lowest BCUT2D eigenvalue weighted by Crippen LogP contribution is -2.54. The van der Waals surface area contributed by atoms with Crippen molar-refractivity contribution in [2.75, 3.05) is 20.6 Å². The molecule has 1 aromatic rings. The highest BCUT2D eigenvalue weighted by Crippen LogP contribution is 2.35. The van der Waals surface area contributed by atoms with Crippen molar-refractivity contribution in [2.24, 2.45) is 5.92 Å². The van der Waals surface area contributed by atoms with E-state index in [1.807, 2.05) is 12.1 Å². The molecule has 112 valence electrons. The predicted octanol–water partition coefficient (Wildman–Crippen LogP) is 3.44. The highest BCUT2D eigenvalue weighted by Gasteiger charge is 2.36. The number of likely N-dealkylation sites (N-methyl/N-ethyl adjacent to an activating group) is 1. The molecule has 1 aliphatic carbocycles. The molecular weight excluding hydrogens is 314 g/mol. The number of rotatable bonds is 5. The maximum absolute atomic E-state index is 4.48. The third-order valence-corrected chi connectivity index (χ3v) is 4.99. The summed E-state index contributed by atoms with van der Waals surface area (Å²) in [6, 6.07) is 6.08. The van der Waals surface area contributed by atoms with Crippen LogP contribution in [0, 0.1) is 5.92 Å². The fourth-order valence-corrected chi connectivity index (χ4v) is 3.71. The van der Waals surface area contributed by atoms with Gasteiger partial charge in [-0.2, -0.15) is 0 Å². The molecule has 0 spiro atoms. The summed E-state index contributed by atoms with van der Waals surface area (Å²) in [5.74, 6) is 0.831. The predicted molar refractivity (Wildman–Crippen MR) is 87.7 cm³/mol. The Morgan fingerprint density at radius 2 is 2.25 bits per heavy atom. The smallest absolute Gasteiger partial charge is 0.106 e. The van der Waals surface area contributed by atoms with E-state index in [4.69, 9.17) is 0 Å². The summed E-state index contributed by atoms with van der Waals surface area (Å²) < 4.78 is 0.908. The minimum absolute atomic E-state index is 0.309. The number of aromatic nitrogens is 1. The van der Waals surface area contributed by atoms with Gasteiger partial charge in [0.05, 0.1) is 5.69 Å². The Kier molecular flexibility index (Phi) is 5.58. The Morgan fingerprint density at radius 1 is 1.45 bits per heavy atom. The van der Waals surface area contributed by atoms with Crippen molar-refractivity contribution in [1.82, 2.24) is 15.2 Å². The molecule has 0 aromatic carbocycles. The lowest BCUT2D eigenvalue weighted by atomic mass is 9.75. The number of nitrogens with zero attached hydrogens (tertiary/aromatic N) is 2. The Labute approximate surface area is 131 Å². The zero-order valence-electron chi connectivity index (χ0n) is 12.8. The van der Waals surface area contributed by atoms with Crippen LogP contribution in [0.5, 0.6) is 0 Å². The third-order valence-electron chi connectivity index (χ3n) is 4.55. The van der Waals surface area contributed by atoms with Crippen LogP contribution in [0.4, 0.5) is 0 Å². The van der Waals surface area contributed by atoms with Crippen LogP contribution < -0.4 is 5.32 Å². The van der Waals surface area contributed by atoms with E-state index in [9.17, 15) is 0 Å². The van der Waals surface area contributed by atoms with E-state index in [0.29, 0.717) is 5.54 Å². The third kappa shape index (κ3) is 4.03.